The van der Waals surface area contributed by atoms with Gasteiger partial charge in [0.25, 0.3) is 0 Å². The molecule has 18 heavy (non-hydrogen) atoms. The number of furan rings is 1. The molecule has 0 spiro atoms. The maximum Gasteiger partial charge on any atom is 0.117 e. The lowest BCUT2D eigenvalue weighted by Gasteiger charge is -2.19. The molecule has 2 aromatic rings. The zero-order valence-corrected chi connectivity index (χ0v) is 10.7. The number of hydrogen-bond donors (Lipinski definition) is 1. The molecule has 1 heterocycles. The first kappa shape index (κ1) is 12.9. The van der Waals surface area contributed by atoms with Crippen molar-refractivity contribution in [2.24, 2.45) is 0 Å². The Kier molecular flexibility index (Phi) is 4.56. The summed E-state index contributed by atoms with van der Waals surface area (Å²) in [6.45, 7) is 4.94. The maximum absolute atomic E-state index is 9.00. The number of nitrogens with zero attached hydrogens (tertiary/aromatic N) is 1. The molecule has 0 aliphatic rings. The maximum atomic E-state index is 9.00. The second-order valence-electron chi connectivity index (χ2n) is 4.36. The molecule has 0 amide bonds. The fraction of sp³-hybridized carbons (Fsp3) is 0.333. The van der Waals surface area contributed by atoms with Crippen LogP contribution >= 0.6 is 0 Å². The van der Waals surface area contributed by atoms with E-state index in [1.54, 1.807) is 6.26 Å². The summed E-state index contributed by atoms with van der Waals surface area (Å²) in [7, 11) is 0. The molecule has 1 aromatic heterocycles. The Labute approximate surface area is 108 Å². The van der Waals surface area contributed by atoms with Crippen LogP contribution in [0.1, 0.15) is 23.8 Å². The molecule has 0 fully saturated rings. The van der Waals surface area contributed by atoms with E-state index in [0.29, 0.717) is 0 Å². The Balaban J connectivity index is 1.96. The van der Waals surface area contributed by atoms with Crippen LogP contribution in [0.5, 0.6) is 0 Å². The normalized spacial score (nSPS) is 11.1. The third kappa shape index (κ3) is 3.45. The van der Waals surface area contributed by atoms with Crippen LogP contribution in [0.25, 0.3) is 0 Å². The van der Waals surface area contributed by atoms with Gasteiger partial charge < -0.3 is 9.52 Å². The molecule has 0 saturated heterocycles. The van der Waals surface area contributed by atoms with Crippen LogP contribution in [0.4, 0.5) is 0 Å². The average molecular weight is 245 g/mol. The van der Waals surface area contributed by atoms with Gasteiger partial charge in [-0.1, -0.05) is 31.2 Å². The van der Waals surface area contributed by atoms with Gasteiger partial charge in [0, 0.05) is 6.54 Å². The third-order valence-electron chi connectivity index (χ3n) is 3.02. The molecule has 0 unspecified atom stereocenters. The molecule has 0 radical (unpaired) electrons. The molecule has 0 bridgehead atoms. The number of hydrogen-bond acceptors (Lipinski definition) is 3. The van der Waals surface area contributed by atoms with E-state index < -0.39 is 0 Å². The highest BCUT2D eigenvalue weighted by molar-refractivity contribution is 5.21. The molecular formula is C15H19NO2. The molecule has 2 rings (SSSR count). The lowest BCUT2D eigenvalue weighted by atomic mass is 10.1. The summed E-state index contributed by atoms with van der Waals surface area (Å²) in [4.78, 5) is 2.31. The van der Waals surface area contributed by atoms with Gasteiger partial charge in [-0.15, -0.1) is 0 Å². The van der Waals surface area contributed by atoms with E-state index in [4.69, 9.17) is 9.52 Å². The first-order valence-corrected chi connectivity index (χ1v) is 6.25. The van der Waals surface area contributed by atoms with Crippen molar-refractivity contribution >= 4 is 0 Å². The van der Waals surface area contributed by atoms with Crippen LogP contribution in [0, 0.1) is 0 Å². The van der Waals surface area contributed by atoms with E-state index in [0.717, 1.165) is 31.0 Å². The fourth-order valence-electron chi connectivity index (χ4n) is 1.91. The lowest BCUT2D eigenvalue weighted by Crippen LogP contribution is -2.21. The number of rotatable bonds is 6. The highest BCUT2D eigenvalue weighted by atomic mass is 16.3. The van der Waals surface area contributed by atoms with E-state index >= 15 is 0 Å². The Hall–Kier alpha value is -1.58. The van der Waals surface area contributed by atoms with Gasteiger partial charge in [-0.05, 0) is 29.8 Å². The van der Waals surface area contributed by atoms with Crippen molar-refractivity contribution < 1.29 is 9.52 Å². The minimum Gasteiger partial charge on any atom is -0.468 e. The van der Waals surface area contributed by atoms with Crippen molar-refractivity contribution in [3.8, 4) is 0 Å². The van der Waals surface area contributed by atoms with E-state index in [9.17, 15) is 0 Å². The molecule has 1 aromatic carbocycles. The van der Waals surface area contributed by atoms with Crippen LogP contribution in [-0.4, -0.2) is 16.6 Å². The predicted octanol–water partition coefficient (Wildman–Crippen LogP) is 2.79. The average Bonchev–Trinajstić information content (AvgIpc) is 2.91. The van der Waals surface area contributed by atoms with E-state index in [1.807, 2.05) is 24.3 Å². The summed E-state index contributed by atoms with van der Waals surface area (Å²) < 4.78 is 5.37. The molecule has 0 saturated carbocycles. The van der Waals surface area contributed by atoms with Gasteiger partial charge in [-0.25, -0.2) is 0 Å². The van der Waals surface area contributed by atoms with Gasteiger partial charge in [-0.3, -0.25) is 4.90 Å². The number of benzene rings is 1. The quantitative estimate of drug-likeness (QED) is 0.850. The molecule has 0 aliphatic heterocycles. The first-order valence-electron chi connectivity index (χ1n) is 6.25. The summed E-state index contributed by atoms with van der Waals surface area (Å²) in [5.41, 5.74) is 2.20. The van der Waals surface area contributed by atoms with Gasteiger partial charge >= 0.3 is 0 Å². The van der Waals surface area contributed by atoms with Gasteiger partial charge in [-0.2, -0.15) is 0 Å². The minimum atomic E-state index is 0.101. The van der Waals surface area contributed by atoms with E-state index in [-0.39, 0.29) is 6.61 Å². The smallest absolute Gasteiger partial charge is 0.117 e. The first-order chi connectivity index (χ1) is 8.81. The molecule has 1 N–H and O–H groups in total. The second kappa shape index (κ2) is 6.38. The number of aliphatic hydroxyl groups is 1. The van der Waals surface area contributed by atoms with E-state index in [2.05, 4.69) is 24.0 Å². The summed E-state index contributed by atoms with van der Waals surface area (Å²) in [6, 6.07) is 12.0. The monoisotopic (exact) mass is 245 g/mol. The van der Waals surface area contributed by atoms with Gasteiger partial charge in [0.1, 0.15) is 5.76 Å². The lowest BCUT2D eigenvalue weighted by molar-refractivity contribution is 0.247. The van der Waals surface area contributed by atoms with Crippen LogP contribution in [0.2, 0.25) is 0 Å². The van der Waals surface area contributed by atoms with E-state index in [1.165, 1.54) is 5.56 Å². The highest BCUT2D eigenvalue weighted by Gasteiger charge is 2.06. The predicted molar refractivity (Wildman–Crippen MR) is 70.9 cm³/mol. The van der Waals surface area contributed by atoms with Crippen molar-refractivity contribution in [2.75, 3.05) is 6.54 Å². The summed E-state index contributed by atoms with van der Waals surface area (Å²) in [5.74, 6) is 0.990. The Morgan fingerprint density at radius 3 is 2.33 bits per heavy atom. The summed E-state index contributed by atoms with van der Waals surface area (Å²) >= 11 is 0. The summed E-state index contributed by atoms with van der Waals surface area (Å²) in [6.07, 6.45) is 1.71. The van der Waals surface area contributed by atoms with Crippen molar-refractivity contribution in [3.05, 3.63) is 59.5 Å². The van der Waals surface area contributed by atoms with Crippen LogP contribution in [0.3, 0.4) is 0 Å². The zero-order chi connectivity index (χ0) is 12.8. The topological polar surface area (TPSA) is 36.6 Å². The van der Waals surface area contributed by atoms with Gasteiger partial charge in [0.05, 0.1) is 19.4 Å². The standard InChI is InChI=1S/C15H19NO2/c1-2-16(11-15-4-3-9-18-15)10-13-5-7-14(12-17)8-6-13/h3-9,17H,2,10-12H2,1H3. The minimum absolute atomic E-state index is 0.101. The van der Waals surface area contributed by atoms with Crippen molar-refractivity contribution in [2.45, 2.75) is 26.6 Å². The Morgan fingerprint density at radius 2 is 1.78 bits per heavy atom. The molecule has 96 valence electrons. The number of aliphatic hydroxyl groups excluding tert-OH is 1. The molecule has 0 aliphatic carbocycles. The molecular weight excluding hydrogens is 226 g/mol. The van der Waals surface area contributed by atoms with Gasteiger partial charge in [0.15, 0.2) is 0 Å². The fourth-order valence-corrected chi connectivity index (χ4v) is 1.91. The largest absolute Gasteiger partial charge is 0.468 e. The van der Waals surface area contributed by atoms with Crippen molar-refractivity contribution in [1.29, 1.82) is 0 Å². The zero-order valence-electron chi connectivity index (χ0n) is 10.7. The Bertz CT molecular complexity index is 448. The van der Waals surface area contributed by atoms with Crippen LogP contribution in [-0.2, 0) is 19.7 Å². The molecule has 3 nitrogen and oxygen atoms in total. The summed E-state index contributed by atoms with van der Waals surface area (Å²) in [5, 5.41) is 9.00. The van der Waals surface area contributed by atoms with Crippen molar-refractivity contribution in [3.63, 3.8) is 0 Å². The highest BCUT2D eigenvalue weighted by Crippen LogP contribution is 2.11. The SMILES string of the molecule is CCN(Cc1ccc(CO)cc1)Cc1ccco1. The van der Waals surface area contributed by atoms with Crippen LogP contribution < -0.4 is 0 Å². The third-order valence-corrected chi connectivity index (χ3v) is 3.02. The van der Waals surface area contributed by atoms with Crippen LogP contribution in [0.15, 0.2) is 47.1 Å². The molecule has 0 atom stereocenters. The second-order valence-corrected chi connectivity index (χ2v) is 4.36. The van der Waals surface area contributed by atoms with Crippen molar-refractivity contribution in [1.82, 2.24) is 4.90 Å². The van der Waals surface area contributed by atoms with Gasteiger partial charge in [0.2, 0.25) is 0 Å². The molecule has 3 heteroatoms. The Morgan fingerprint density at radius 1 is 1.06 bits per heavy atom.